The first-order chi connectivity index (χ1) is 12.5. The van der Waals surface area contributed by atoms with Crippen LogP contribution >= 0.6 is 23.2 Å². The molecule has 0 saturated carbocycles. The Morgan fingerprint density at radius 1 is 1.23 bits per heavy atom. The van der Waals surface area contributed by atoms with Gasteiger partial charge in [-0.2, -0.15) is 0 Å². The highest BCUT2D eigenvalue weighted by atomic mass is 35.5. The minimum Gasteiger partial charge on any atom is -0.375 e. The summed E-state index contributed by atoms with van der Waals surface area (Å²) in [6, 6.07) is 13.2. The first-order valence-corrected chi connectivity index (χ1v) is 8.92. The fourth-order valence-corrected chi connectivity index (χ4v) is 3.21. The van der Waals surface area contributed by atoms with E-state index in [0.29, 0.717) is 16.6 Å². The van der Waals surface area contributed by atoms with Crippen molar-refractivity contribution in [3.63, 3.8) is 0 Å². The lowest BCUT2D eigenvalue weighted by Gasteiger charge is -2.16. The molecule has 0 aliphatic heterocycles. The lowest BCUT2D eigenvalue weighted by molar-refractivity contribution is -0.125. The van der Waals surface area contributed by atoms with Crippen molar-refractivity contribution in [2.75, 3.05) is 13.7 Å². The standard InChI is InChI=1S/C19H19Cl2N3O2/c1-12(22-18(25)11-26-2)19-23-16-5-3-4-6-17(16)24(19)10-13-7-8-14(20)15(21)9-13/h3-9,12H,10-11H2,1-2H3,(H,22,25). The molecule has 0 fully saturated rings. The SMILES string of the molecule is COCC(=O)NC(C)c1nc2ccccc2n1Cc1ccc(Cl)c(Cl)c1. The molecule has 0 bridgehead atoms. The molecule has 3 rings (SSSR count). The van der Waals surface area contributed by atoms with E-state index in [2.05, 4.69) is 9.88 Å². The number of imidazole rings is 1. The molecule has 1 unspecified atom stereocenters. The number of benzene rings is 2. The lowest BCUT2D eigenvalue weighted by atomic mass is 10.2. The minimum absolute atomic E-state index is 0.0113. The first-order valence-electron chi connectivity index (χ1n) is 8.17. The average Bonchev–Trinajstić information content (AvgIpc) is 2.97. The van der Waals surface area contributed by atoms with Gasteiger partial charge in [-0.1, -0.05) is 41.4 Å². The summed E-state index contributed by atoms with van der Waals surface area (Å²) in [5.74, 6) is 0.579. The van der Waals surface area contributed by atoms with E-state index in [4.69, 9.17) is 32.9 Å². The summed E-state index contributed by atoms with van der Waals surface area (Å²) in [7, 11) is 1.49. The Morgan fingerprint density at radius 2 is 2.00 bits per heavy atom. The van der Waals surface area contributed by atoms with Crippen molar-refractivity contribution in [2.45, 2.75) is 19.5 Å². The van der Waals surface area contributed by atoms with Crippen LogP contribution in [-0.4, -0.2) is 29.2 Å². The van der Waals surface area contributed by atoms with Gasteiger partial charge in [0, 0.05) is 13.7 Å². The van der Waals surface area contributed by atoms with Crippen LogP contribution in [0.4, 0.5) is 0 Å². The number of para-hydroxylation sites is 2. The molecule has 1 heterocycles. The summed E-state index contributed by atoms with van der Waals surface area (Å²) in [6.07, 6.45) is 0. The second-order valence-electron chi connectivity index (χ2n) is 6.02. The Hall–Kier alpha value is -2.08. The van der Waals surface area contributed by atoms with Gasteiger partial charge in [0.25, 0.3) is 0 Å². The van der Waals surface area contributed by atoms with Crippen LogP contribution in [0.5, 0.6) is 0 Å². The summed E-state index contributed by atoms with van der Waals surface area (Å²) in [4.78, 5) is 16.6. The van der Waals surface area contributed by atoms with E-state index < -0.39 is 0 Å². The minimum atomic E-state index is -0.271. The maximum atomic E-state index is 11.9. The number of amides is 1. The van der Waals surface area contributed by atoms with Crippen LogP contribution in [0.1, 0.15) is 24.4 Å². The summed E-state index contributed by atoms with van der Waals surface area (Å²) < 4.78 is 6.96. The molecular weight excluding hydrogens is 373 g/mol. The zero-order chi connectivity index (χ0) is 18.7. The molecule has 0 saturated heterocycles. The number of nitrogens with one attached hydrogen (secondary N) is 1. The van der Waals surface area contributed by atoms with Crippen molar-refractivity contribution in [3.8, 4) is 0 Å². The van der Waals surface area contributed by atoms with Gasteiger partial charge < -0.3 is 14.6 Å². The van der Waals surface area contributed by atoms with E-state index >= 15 is 0 Å². The summed E-state index contributed by atoms with van der Waals surface area (Å²) in [6.45, 7) is 2.48. The van der Waals surface area contributed by atoms with Gasteiger partial charge in [0.15, 0.2) is 0 Å². The zero-order valence-electron chi connectivity index (χ0n) is 14.5. The highest BCUT2D eigenvalue weighted by molar-refractivity contribution is 6.42. The molecule has 1 aromatic heterocycles. The molecule has 7 heteroatoms. The lowest BCUT2D eigenvalue weighted by Crippen LogP contribution is -2.31. The molecule has 0 aliphatic carbocycles. The Labute approximate surface area is 161 Å². The van der Waals surface area contributed by atoms with E-state index in [0.717, 1.165) is 22.4 Å². The van der Waals surface area contributed by atoms with Crippen molar-refractivity contribution >= 4 is 40.1 Å². The monoisotopic (exact) mass is 391 g/mol. The molecule has 1 N–H and O–H groups in total. The topological polar surface area (TPSA) is 56.1 Å². The number of hydrogen-bond acceptors (Lipinski definition) is 3. The summed E-state index contributed by atoms with van der Waals surface area (Å²) in [5.41, 5.74) is 2.86. The number of fused-ring (bicyclic) bond motifs is 1. The summed E-state index contributed by atoms with van der Waals surface area (Å²) in [5, 5.41) is 3.94. The largest absolute Gasteiger partial charge is 0.375 e. The van der Waals surface area contributed by atoms with E-state index in [1.54, 1.807) is 6.07 Å². The second kappa shape index (κ2) is 8.08. The van der Waals surface area contributed by atoms with Crippen molar-refractivity contribution < 1.29 is 9.53 Å². The number of halogens is 2. The molecular formula is C19H19Cl2N3O2. The van der Waals surface area contributed by atoms with Gasteiger partial charge >= 0.3 is 0 Å². The van der Waals surface area contributed by atoms with Crippen LogP contribution in [-0.2, 0) is 16.1 Å². The maximum Gasteiger partial charge on any atom is 0.246 e. The predicted octanol–water partition coefficient (Wildman–Crippen LogP) is 4.22. The molecule has 0 radical (unpaired) electrons. The molecule has 136 valence electrons. The maximum absolute atomic E-state index is 11.9. The van der Waals surface area contributed by atoms with Crippen LogP contribution in [0.2, 0.25) is 10.0 Å². The first kappa shape index (κ1) is 18.7. The van der Waals surface area contributed by atoms with E-state index in [-0.39, 0.29) is 18.6 Å². The third-order valence-corrected chi connectivity index (χ3v) is 4.79. The van der Waals surface area contributed by atoms with Crippen molar-refractivity contribution in [2.24, 2.45) is 0 Å². The molecule has 5 nitrogen and oxygen atoms in total. The molecule has 0 spiro atoms. The van der Waals surface area contributed by atoms with Gasteiger partial charge in [0.05, 0.1) is 27.1 Å². The van der Waals surface area contributed by atoms with Crippen molar-refractivity contribution in [1.29, 1.82) is 0 Å². The highest BCUT2D eigenvalue weighted by Gasteiger charge is 2.18. The smallest absolute Gasteiger partial charge is 0.246 e. The Kier molecular flexibility index (Phi) is 5.81. The van der Waals surface area contributed by atoms with Crippen molar-refractivity contribution in [3.05, 3.63) is 63.9 Å². The third-order valence-electron chi connectivity index (χ3n) is 4.05. The number of nitrogens with zero attached hydrogens (tertiary/aromatic N) is 2. The normalized spacial score (nSPS) is 12.3. The fraction of sp³-hybridized carbons (Fsp3) is 0.263. The van der Waals surface area contributed by atoms with Gasteiger partial charge in [0.2, 0.25) is 5.91 Å². The molecule has 2 aromatic carbocycles. The van der Waals surface area contributed by atoms with E-state index in [9.17, 15) is 4.79 Å². The number of ether oxygens (including phenoxy) is 1. The van der Waals surface area contributed by atoms with Crippen LogP contribution < -0.4 is 5.32 Å². The fourth-order valence-electron chi connectivity index (χ4n) is 2.89. The van der Waals surface area contributed by atoms with Crippen LogP contribution in [0, 0.1) is 0 Å². The third kappa shape index (κ3) is 4.01. The Morgan fingerprint density at radius 3 is 2.73 bits per heavy atom. The second-order valence-corrected chi connectivity index (χ2v) is 6.83. The quantitative estimate of drug-likeness (QED) is 0.684. The Balaban J connectivity index is 1.99. The number of aromatic nitrogens is 2. The molecule has 3 aromatic rings. The van der Waals surface area contributed by atoms with Crippen LogP contribution in [0.25, 0.3) is 11.0 Å². The number of carbonyl (C=O) groups is 1. The molecule has 1 amide bonds. The van der Waals surface area contributed by atoms with Gasteiger partial charge in [0.1, 0.15) is 12.4 Å². The predicted molar refractivity (Wildman–Crippen MR) is 104 cm³/mol. The molecule has 26 heavy (non-hydrogen) atoms. The molecule has 1 atom stereocenters. The van der Waals surface area contributed by atoms with Crippen LogP contribution in [0.15, 0.2) is 42.5 Å². The zero-order valence-corrected chi connectivity index (χ0v) is 16.0. The van der Waals surface area contributed by atoms with Gasteiger partial charge in [-0.15, -0.1) is 0 Å². The van der Waals surface area contributed by atoms with Gasteiger partial charge in [-0.25, -0.2) is 4.98 Å². The van der Waals surface area contributed by atoms with Gasteiger partial charge in [-0.05, 0) is 36.8 Å². The van der Waals surface area contributed by atoms with E-state index in [1.165, 1.54) is 7.11 Å². The number of rotatable bonds is 6. The molecule has 0 aliphatic rings. The van der Waals surface area contributed by atoms with Gasteiger partial charge in [-0.3, -0.25) is 4.79 Å². The summed E-state index contributed by atoms with van der Waals surface area (Å²) >= 11 is 12.2. The Bertz CT molecular complexity index is 940. The van der Waals surface area contributed by atoms with Crippen molar-refractivity contribution in [1.82, 2.24) is 14.9 Å². The highest BCUT2D eigenvalue weighted by Crippen LogP contribution is 2.26. The average molecular weight is 392 g/mol. The number of methoxy groups -OCH3 is 1. The van der Waals surface area contributed by atoms with Crippen LogP contribution in [0.3, 0.4) is 0 Å². The number of hydrogen-bond donors (Lipinski definition) is 1. The van der Waals surface area contributed by atoms with E-state index in [1.807, 2.05) is 43.3 Å². The number of carbonyl (C=O) groups excluding carboxylic acids is 1.